The van der Waals surface area contributed by atoms with Crippen molar-refractivity contribution in [2.24, 2.45) is 0 Å². The smallest absolute Gasteiger partial charge is 0.304 e. The Labute approximate surface area is 201 Å². The highest BCUT2D eigenvalue weighted by Gasteiger charge is 2.37. The second-order valence-corrected chi connectivity index (χ2v) is 9.14. The van der Waals surface area contributed by atoms with Crippen LogP contribution in [0.25, 0.3) is 0 Å². The van der Waals surface area contributed by atoms with Crippen molar-refractivity contribution in [3.8, 4) is 6.07 Å². The molecule has 2 aromatic carbocycles. The molecule has 0 aromatic heterocycles. The van der Waals surface area contributed by atoms with Crippen LogP contribution in [0.4, 0.5) is 17.1 Å². The van der Waals surface area contributed by atoms with E-state index in [0.717, 1.165) is 55.2 Å². The predicted octanol–water partition coefficient (Wildman–Crippen LogP) is 4.83. The van der Waals surface area contributed by atoms with Gasteiger partial charge in [0.1, 0.15) is 0 Å². The molecule has 0 radical (unpaired) electrons. The molecule has 0 atom stereocenters. The summed E-state index contributed by atoms with van der Waals surface area (Å²) in [4.78, 5) is 14.2. The van der Waals surface area contributed by atoms with Crippen LogP contribution in [0, 0.1) is 11.3 Å². The molecule has 0 bridgehead atoms. The second kappa shape index (κ2) is 10.9. The van der Waals surface area contributed by atoms with Crippen molar-refractivity contribution < 1.29 is 19.4 Å². The average Bonchev–Trinajstić information content (AvgIpc) is 2.86. The molecule has 0 aliphatic carbocycles. The molecule has 2 heterocycles. The van der Waals surface area contributed by atoms with E-state index >= 15 is 0 Å². The molecule has 7 heteroatoms. The Hall–Kier alpha value is -3.08. The summed E-state index contributed by atoms with van der Waals surface area (Å²) in [7, 11) is 0. The van der Waals surface area contributed by atoms with Crippen molar-refractivity contribution in [2.45, 2.75) is 50.5 Å². The van der Waals surface area contributed by atoms with Gasteiger partial charge in [0.25, 0.3) is 0 Å². The van der Waals surface area contributed by atoms with Crippen molar-refractivity contribution in [2.75, 3.05) is 43.2 Å². The van der Waals surface area contributed by atoms with Crippen LogP contribution in [0.5, 0.6) is 0 Å². The van der Waals surface area contributed by atoms with Crippen LogP contribution in [0.1, 0.15) is 50.2 Å². The lowest BCUT2D eigenvalue weighted by molar-refractivity contribution is -0.139. The van der Waals surface area contributed by atoms with Gasteiger partial charge in [0.2, 0.25) is 0 Å². The molecule has 0 saturated carbocycles. The maximum Gasteiger partial charge on any atom is 0.304 e. The Morgan fingerprint density at radius 1 is 1.12 bits per heavy atom. The van der Waals surface area contributed by atoms with Crippen LogP contribution >= 0.6 is 0 Å². The zero-order valence-corrected chi connectivity index (χ0v) is 19.8. The molecule has 34 heavy (non-hydrogen) atoms. The standard InChI is InChI=1S/C27H33N3O4/c1-2-30(23-9-13-33-14-10-23)25-8-5-21(27(18-26(31)32)11-15-34-16-12-27)17-24(25)29-22-6-3-20(19-28)4-7-22/h3-8,17,23,29H,2,9-16,18H2,1H3,(H,31,32). The van der Waals surface area contributed by atoms with Gasteiger partial charge in [-0.05, 0) is 74.6 Å². The molecule has 2 N–H and O–H groups in total. The number of aliphatic carboxylic acids is 1. The van der Waals surface area contributed by atoms with Gasteiger partial charge in [0.05, 0.1) is 29.4 Å². The van der Waals surface area contributed by atoms with E-state index in [0.29, 0.717) is 37.7 Å². The number of nitrogens with one attached hydrogen (secondary N) is 1. The van der Waals surface area contributed by atoms with Gasteiger partial charge in [-0.2, -0.15) is 5.26 Å². The normalized spacial score (nSPS) is 18.1. The molecule has 2 aliphatic rings. The maximum absolute atomic E-state index is 11.8. The fraction of sp³-hybridized carbons (Fsp3) is 0.481. The lowest BCUT2D eigenvalue weighted by Crippen LogP contribution is -2.40. The summed E-state index contributed by atoms with van der Waals surface area (Å²) in [5, 5.41) is 22.4. The van der Waals surface area contributed by atoms with Gasteiger partial charge in [-0.15, -0.1) is 0 Å². The molecule has 7 nitrogen and oxygen atoms in total. The Balaban J connectivity index is 1.75. The Morgan fingerprint density at radius 3 is 2.41 bits per heavy atom. The summed E-state index contributed by atoms with van der Waals surface area (Å²) in [6, 6.07) is 16.3. The maximum atomic E-state index is 11.8. The van der Waals surface area contributed by atoms with Crippen molar-refractivity contribution in [1.29, 1.82) is 5.26 Å². The molecule has 0 spiro atoms. The number of carbonyl (C=O) groups is 1. The minimum atomic E-state index is -0.787. The van der Waals surface area contributed by atoms with Crippen LogP contribution in [0.2, 0.25) is 0 Å². The van der Waals surface area contributed by atoms with Crippen molar-refractivity contribution in [1.82, 2.24) is 0 Å². The number of nitriles is 1. The number of benzene rings is 2. The van der Waals surface area contributed by atoms with Crippen LogP contribution < -0.4 is 10.2 Å². The largest absolute Gasteiger partial charge is 0.481 e. The van der Waals surface area contributed by atoms with Gasteiger partial charge < -0.3 is 24.8 Å². The van der Waals surface area contributed by atoms with E-state index < -0.39 is 11.4 Å². The van der Waals surface area contributed by atoms with Crippen molar-refractivity contribution in [3.05, 3.63) is 53.6 Å². The number of carboxylic acids is 1. The fourth-order valence-corrected chi connectivity index (χ4v) is 5.24. The number of rotatable bonds is 8. The van der Waals surface area contributed by atoms with E-state index in [4.69, 9.17) is 14.7 Å². The highest BCUT2D eigenvalue weighted by molar-refractivity contribution is 5.78. The third-order valence-corrected chi connectivity index (χ3v) is 7.12. The first-order valence-electron chi connectivity index (χ1n) is 12.1. The average molecular weight is 464 g/mol. The van der Waals surface area contributed by atoms with Gasteiger partial charge in [0.15, 0.2) is 0 Å². The number of ether oxygens (including phenoxy) is 2. The first-order chi connectivity index (χ1) is 16.5. The first-order valence-corrected chi connectivity index (χ1v) is 12.1. The van der Waals surface area contributed by atoms with Crippen molar-refractivity contribution >= 4 is 23.0 Å². The molecule has 2 aliphatic heterocycles. The topological polar surface area (TPSA) is 94.8 Å². The number of hydrogen-bond donors (Lipinski definition) is 2. The summed E-state index contributed by atoms with van der Waals surface area (Å²) in [6.07, 6.45) is 3.42. The molecule has 2 aromatic rings. The number of hydrogen-bond acceptors (Lipinski definition) is 6. The highest BCUT2D eigenvalue weighted by Crippen LogP contribution is 2.42. The van der Waals surface area contributed by atoms with Crippen LogP contribution in [-0.2, 0) is 19.7 Å². The van der Waals surface area contributed by atoms with E-state index in [1.807, 2.05) is 12.1 Å². The summed E-state index contributed by atoms with van der Waals surface area (Å²) in [6.45, 7) is 5.69. The third kappa shape index (κ3) is 5.35. The predicted molar refractivity (Wildman–Crippen MR) is 132 cm³/mol. The van der Waals surface area contributed by atoms with Crippen molar-refractivity contribution in [3.63, 3.8) is 0 Å². The second-order valence-electron chi connectivity index (χ2n) is 9.14. The van der Waals surface area contributed by atoms with Gasteiger partial charge in [-0.1, -0.05) is 6.07 Å². The SMILES string of the molecule is CCN(c1ccc(C2(CC(=O)O)CCOCC2)cc1Nc1ccc(C#N)cc1)C1CCOCC1. The van der Waals surface area contributed by atoms with Crippen LogP contribution in [0.3, 0.4) is 0 Å². The highest BCUT2D eigenvalue weighted by atomic mass is 16.5. The van der Waals surface area contributed by atoms with Gasteiger partial charge >= 0.3 is 5.97 Å². The molecule has 0 unspecified atom stereocenters. The summed E-state index contributed by atoms with van der Waals surface area (Å²) in [5.41, 5.74) is 4.13. The molecule has 2 saturated heterocycles. The van der Waals surface area contributed by atoms with Gasteiger partial charge in [-0.25, -0.2) is 0 Å². The summed E-state index contributed by atoms with van der Waals surface area (Å²) >= 11 is 0. The number of carboxylic acid groups (broad SMARTS) is 1. The Morgan fingerprint density at radius 2 is 1.79 bits per heavy atom. The molecule has 0 amide bonds. The first kappa shape index (κ1) is 24.1. The summed E-state index contributed by atoms with van der Waals surface area (Å²) in [5.74, 6) is -0.787. The van der Waals surface area contributed by atoms with E-state index in [1.165, 1.54) is 0 Å². The minimum absolute atomic E-state index is 0.0868. The molecule has 4 rings (SSSR count). The third-order valence-electron chi connectivity index (χ3n) is 7.12. The lowest BCUT2D eigenvalue weighted by Gasteiger charge is -2.39. The lowest BCUT2D eigenvalue weighted by atomic mass is 9.71. The number of nitrogens with zero attached hydrogens (tertiary/aromatic N) is 2. The monoisotopic (exact) mass is 463 g/mol. The van der Waals surface area contributed by atoms with Gasteiger partial charge in [0, 0.05) is 50.1 Å². The van der Waals surface area contributed by atoms with E-state index in [-0.39, 0.29) is 6.42 Å². The quantitative estimate of drug-likeness (QED) is 0.579. The zero-order valence-electron chi connectivity index (χ0n) is 19.8. The van der Waals surface area contributed by atoms with Gasteiger partial charge in [-0.3, -0.25) is 4.79 Å². The molecular formula is C27H33N3O4. The van der Waals surface area contributed by atoms with E-state index in [9.17, 15) is 9.90 Å². The van der Waals surface area contributed by atoms with Crippen LogP contribution in [0.15, 0.2) is 42.5 Å². The summed E-state index contributed by atoms with van der Waals surface area (Å²) < 4.78 is 11.2. The number of anilines is 3. The zero-order chi connectivity index (χ0) is 24.0. The van der Waals surface area contributed by atoms with E-state index in [1.54, 1.807) is 12.1 Å². The molecule has 180 valence electrons. The minimum Gasteiger partial charge on any atom is -0.481 e. The van der Waals surface area contributed by atoms with E-state index in [2.05, 4.69) is 41.4 Å². The van der Waals surface area contributed by atoms with Crippen LogP contribution in [-0.4, -0.2) is 50.1 Å². The Kier molecular flexibility index (Phi) is 7.71. The molecular weight excluding hydrogens is 430 g/mol. The Bertz CT molecular complexity index is 1020. The molecule has 2 fully saturated rings. The fourth-order valence-electron chi connectivity index (χ4n) is 5.24.